The number of methoxy groups -OCH3 is 1. The summed E-state index contributed by atoms with van der Waals surface area (Å²) in [6.07, 6.45) is -0.158. The van der Waals surface area contributed by atoms with Gasteiger partial charge >= 0.3 is 0 Å². The zero-order chi connectivity index (χ0) is 14.0. The van der Waals surface area contributed by atoms with Crippen LogP contribution in [0.5, 0.6) is 5.75 Å². The molecule has 102 valence electrons. The van der Waals surface area contributed by atoms with Gasteiger partial charge < -0.3 is 9.84 Å². The van der Waals surface area contributed by atoms with Crippen LogP contribution in [0, 0.1) is 13.8 Å². The van der Waals surface area contributed by atoms with Crippen LogP contribution in [0.4, 0.5) is 0 Å². The van der Waals surface area contributed by atoms with E-state index in [1.165, 1.54) is 4.88 Å². The molecule has 0 radical (unpaired) electrons. The van der Waals surface area contributed by atoms with Gasteiger partial charge in [-0.15, -0.1) is 11.3 Å². The van der Waals surface area contributed by atoms with Crippen LogP contribution in [0.25, 0.3) is 0 Å². The summed E-state index contributed by atoms with van der Waals surface area (Å²) in [4.78, 5) is 5.63. The van der Waals surface area contributed by atoms with Gasteiger partial charge in [0.15, 0.2) is 0 Å². The highest BCUT2D eigenvalue weighted by Gasteiger charge is 2.16. The van der Waals surface area contributed by atoms with Gasteiger partial charge in [-0.25, -0.2) is 4.98 Å². The first-order chi connectivity index (χ1) is 9.01. The lowest BCUT2D eigenvalue weighted by Gasteiger charge is -2.14. The van der Waals surface area contributed by atoms with E-state index < -0.39 is 6.10 Å². The third-order valence-corrected chi connectivity index (χ3v) is 4.33. The summed E-state index contributed by atoms with van der Waals surface area (Å²) in [5.74, 6) is 0.602. The molecule has 1 heterocycles. The normalized spacial score (nSPS) is 12.5. The Morgan fingerprint density at radius 1 is 1.42 bits per heavy atom. The van der Waals surface area contributed by atoms with Crippen molar-refractivity contribution >= 4 is 22.9 Å². The van der Waals surface area contributed by atoms with Crippen molar-refractivity contribution in [3.05, 3.63) is 44.4 Å². The summed E-state index contributed by atoms with van der Waals surface area (Å²) in [5, 5.41) is 11.8. The van der Waals surface area contributed by atoms with Gasteiger partial charge in [0.25, 0.3) is 0 Å². The number of thiazole rings is 1. The molecule has 3 nitrogen and oxygen atoms in total. The Labute approximate surface area is 121 Å². The van der Waals surface area contributed by atoms with E-state index in [1.54, 1.807) is 36.6 Å². The van der Waals surface area contributed by atoms with E-state index in [0.717, 1.165) is 16.3 Å². The van der Waals surface area contributed by atoms with Crippen LogP contribution in [-0.4, -0.2) is 17.2 Å². The Morgan fingerprint density at radius 3 is 2.74 bits per heavy atom. The van der Waals surface area contributed by atoms with Crippen molar-refractivity contribution in [2.24, 2.45) is 0 Å². The molecule has 19 heavy (non-hydrogen) atoms. The molecule has 0 amide bonds. The minimum absolute atomic E-state index is 0.483. The third kappa shape index (κ3) is 3.26. The van der Waals surface area contributed by atoms with Gasteiger partial charge in [-0.2, -0.15) is 0 Å². The second-order valence-corrected chi connectivity index (χ2v) is 6.08. The second-order valence-electron chi connectivity index (χ2n) is 4.36. The molecule has 5 heteroatoms. The molecule has 1 atom stereocenters. The lowest BCUT2D eigenvalue weighted by Crippen LogP contribution is -2.04. The van der Waals surface area contributed by atoms with Crippen LogP contribution in [-0.2, 0) is 6.42 Å². The molecule has 0 aliphatic carbocycles. The summed E-state index contributed by atoms with van der Waals surface area (Å²) in [7, 11) is 1.57. The predicted octanol–water partition coefficient (Wildman–Crippen LogP) is 3.70. The Hall–Kier alpha value is -1.10. The Morgan fingerprint density at radius 2 is 2.16 bits per heavy atom. The summed E-state index contributed by atoms with van der Waals surface area (Å²) in [5.41, 5.74) is 1.76. The first kappa shape index (κ1) is 14.3. The second kappa shape index (κ2) is 5.90. The lowest BCUT2D eigenvalue weighted by molar-refractivity contribution is 0.174. The molecule has 1 aromatic carbocycles. The maximum atomic E-state index is 10.3. The smallest absolute Gasteiger partial charge is 0.126 e. The standard InChI is InChI=1S/C14H16ClNO2S/c1-8-9(2)19-14(16-8)7-12(17)11-5-4-10(15)6-13(11)18-3/h4-6,12,17H,7H2,1-3H3. The highest BCUT2D eigenvalue weighted by atomic mass is 35.5. The van der Waals surface area contributed by atoms with Crippen molar-refractivity contribution in [3.8, 4) is 5.75 Å². The zero-order valence-electron chi connectivity index (χ0n) is 11.1. The minimum atomic E-state index is -0.642. The maximum Gasteiger partial charge on any atom is 0.126 e. The molecule has 2 rings (SSSR count). The predicted molar refractivity (Wildman–Crippen MR) is 78.3 cm³/mol. The summed E-state index contributed by atoms with van der Waals surface area (Å²) in [6.45, 7) is 4.01. The van der Waals surface area contributed by atoms with Crippen LogP contribution in [0.3, 0.4) is 0 Å². The number of aliphatic hydroxyl groups excluding tert-OH is 1. The van der Waals surface area contributed by atoms with Crippen molar-refractivity contribution in [1.29, 1.82) is 0 Å². The Balaban J connectivity index is 2.22. The maximum absolute atomic E-state index is 10.3. The van der Waals surface area contributed by atoms with Crippen LogP contribution >= 0.6 is 22.9 Å². The average Bonchev–Trinajstić information content (AvgIpc) is 2.67. The molecule has 0 spiro atoms. The number of ether oxygens (including phenoxy) is 1. The van der Waals surface area contributed by atoms with E-state index in [0.29, 0.717) is 17.2 Å². The largest absolute Gasteiger partial charge is 0.496 e. The quantitative estimate of drug-likeness (QED) is 0.935. The topological polar surface area (TPSA) is 42.4 Å². The summed E-state index contributed by atoms with van der Waals surface area (Å²) in [6, 6.07) is 5.25. The van der Waals surface area contributed by atoms with Crippen LogP contribution in [0.15, 0.2) is 18.2 Å². The number of halogens is 1. The molecule has 0 saturated carbocycles. The SMILES string of the molecule is COc1cc(Cl)ccc1C(O)Cc1nc(C)c(C)s1. The molecule has 0 bridgehead atoms. The van der Waals surface area contributed by atoms with Crippen LogP contribution in [0.1, 0.15) is 27.2 Å². The van der Waals surface area contributed by atoms with Crippen molar-refractivity contribution < 1.29 is 9.84 Å². The monoisotopic (exact) mass is 297 g/mol. The Kier molecular flexibility index (Phi) is 4.45. The fourth-order valence-electron chi connectivity index (χ4n) is 1.86. The number of rotatable bonds is 4. The van der Waals surface area contributed by atoms with Crippen molar-refractivity contribution in [2.45, 2.75) is 26.4 Å². The van der Waals surface area contributed by atoms with Gasteiger partial charge in [-0.1, -0.05) is 17.7 Å². The number of hydrogen-bond acceptors (Lipinski definition) is 4. The molecular weight excluding hydrogens is 282 g/mol. The summed E-state index contributed by atoms with van der Waals surface area (Å²) >= 11 is 7.53. The molecule has 0 aliphatic heterocycles. The molecule has 1 aromatic heterocycles. The number of aliphatic hydroxyl groups is 1. The molecule has 0 aliphatic rings. The highest BCUT2D eigenvalue weighted by Crippen LogP contribution is 2.31. The Bertz CT molecular complexity index is 563. The molecule has 1 N–H and O–H groups in total. The zero-order valence-corrected chi connectivity index (χ0v) is 12.7. The number of hydrogen-bond donors (Lipinski definition) is 1. The number of aromatic nitrogens is 1. The average molecular weight is 298 g/mol. The van der Waals surface area contributed by atoms with Gasteiger partial charge in [0, 0.05) is 21.9 Å². The molecule has 0 saturated heterocycles. The molecular formula is C14H16ClNO2S. The van der Waals surface area contributed by atoms with E-state index in [9.17, 15) is 5.11 Å². The van der Waals surface area contributed by atoms with E-state index in [2.05, 4.69) is 4.98 Å². The van der Waals surface area contributed by atoms with E-state index in [1.807, 2.05) is 13.8 Å². The van der Waals surface area contributed by atoms with Gasteiger partial charge in [0.05, 0.1) is 23.9 Å². The van der Waals surface area contributed by atoms with Crippen LogP contribution < -0.4 is 4.74 Å². The summed E-state index contributed by atoms with van der Waals surface area (Å²) < 4.78 is 5.25. The molecule has 1 unspecified atom stereocenters. The van der Waals surface area contributed by atoms with E-state index >= 15 is 0 Å². The molecule has 2 aromatic rings. The third-order valence-electron chi connectivity index (χ3n) is 3.00. The number of benzene rings is 1. The van der Waals surface area contributed by atoms with Gasteiger partial charge in [-0.3, -0.25) is 0 Å². The first-order valence-corrected chi connectivity index (χ1v) is 7.15. The highest BCUT2D eigenvalue weighted by molar-refractivity contribution is 7.11. The fourth-order valence-corrected chi connectivity index (χ4v) is 2.99. The minimum Gasteiger partial charge on any atom is -0.496 e. The molecule has 0 fully saturated rings. The first-order valence-electron chi connectivity index (χ1n) is 5.95. The van der Waals surface area contributed by atoms with Crippen LogP contribution in [0.2, 0.25) is 5.02 Å². The van der Waals surface area contributed by atoms with Gasteiger partial charge in [-0.05, 0) is 26.0 Å². The van der Waals surface area contributed by atoms with Gasteiger partial charge in [0.1, 0.15) is 5.75 Å². The van der Waals surface area contributed by atoms with Crippen molar-refractivity contribution in [3.63, 3.8) is 0 Å². The van der Waals surface area contributed by atoms with E-state index in [-0.39, 0.29) is 0 Å². The van der Waals surface area contributed by atoms with Crippen molar-refractivity contribution in [2.75, 3.05) is 7.11 Å². The van der Waals surface area contributed by atoms with Gasteiger partial charge in [0.2, 0.25) is 0 Å². The fraction of sp³-hybridized carbons (Fsp3) is 0.357. The number of aryl methyl sites for hydroxylation is 2. The lowest BCUT2D eigenvalue weighted by atomic mass is 10.1. The van der Waals surface area contributed by atoms with E-state index in [4.69, 9.17) is 16.3 Å². The number of nitrogens with zero attached hydrogens (tertiary/aromatic N) is 1. The van der Waals surface area contributed by atoms with Crippen molar-refractivity contribution in [1.82, 2.24) is 4.98 Å².